The van der Waals surface area contributed by atoms with Gasteiger partial charge in [-0.05, 0) is 39.7 Å². The summed E-state index contributed by atoms with van der Waals surface area (Å²) in [6.07, 6.45) is 3.18. The van der Waals surface area contributed by atoms with Gasteiger partial charge in [-0.25, -0.2) is 5.43 Å². The number of rotatable bonds is 3. The van der Waals surface area contributed by atoms with E-state index in [-0.39, 0.29) is 5.91 Å². The summed E-state index contributed by atoms with van der Waals surface area (Å²) in [5.41, 5.74) is 4.20. The van der Waals surface area contributed by atoms with E-state index in [1.165, 1.54) is 6.21 Å². The van der Waals surface area contributed by atoms with E-state index in [1.807, 2.05) is 6.07 Å². The number of nitrogens with zero attached hydrogens (tertiary/aromatic N) is 2. The molecule has 19 heavy (non-hydrogen) atoms. The molecule has 0 spiro atoms. The Labute approximate surface area is 118 Å². The zero-order chi connectivity index (χ0) is 13.7. The number of halogens is 1. The molecule has 2 N–H and O–H groups in total. The maximum absolute atomic E-state index is 11.6. The van der Waals surface area contributed by atoms with Crippen LogP contribution in [0.5, 0.6) is 0 Å². The first-order valence-corrected chi connectivity index (χ1v) is 6.16. The first kappa shape index (κ1) is 13.1. The molecule has 0 aliphatic rings. The Morgan fingerprint density at radius 1 is 1.42 bits per heavy atom. The molecule has 1 amide bonds. The van der Waals surface area contributed by atoms with Crippen LogP contribution in [0.25, 0.3) is 0 Å². The molecule has 0 saturated heterocycles. The van der Waals surface area contributed by atoms with Gasteiger partial charge in [0.1, 0.15) is 5.69 Å². The maximum atomic E-state index is 11.6. The third-order valence-corrected chi connectivity index (χ3v) is 2.77. The highest BCUT2D eigenvalue weighted by Gasteiger charge is 2.05. The van der Waals surface area contributed by atoms with Crippen molar-refractivity contribution in [1.29, 1.82) is 5.26 Å². The molecule has 0 bridgehead atoms. The summed E-state index contributed by atoms with van der Waals surface area (Å²) in [5.74, 6) is -0.324. The maximum Gasteiger partial charge on any atom is 0.287 e. The van der Waals surface area contributed by atoms with E-state index in [0.717, 1.165) is 10.0 Å². The number of hydrogen-bond acceptors (Lipinski definition) is 3. The molecule has 0 saturated carbocycles. The fraction of sp³-hybridized carbons (Fsp3) is 0. The third kappa shape index (κ3) is 3.53. The van der Waals surface area contributed by atoms with Crippen LogP contribution in [0.15, 0.2) is 46.1 Å². The zero-order valence-corrected chi connectivity index (χ0v) is 11.3. The first-order valence-electron chi connectivity index (χ1n) is 5.36. The van der Waals surface area contributed by atoms with Crippen LogP contribution in [-0.4, -0.2) is 17.1 Å². The van der Waals surface area contributed by atoms with Crippen LogP contribution in [0.4, 0.5) is 0 Å². The second-order valence-corrected chi connectivity index (χ2v) is 4.58. The summed E-state index contributed by atoms with van der Waals surface area (Å²) in [4.78, 5) is 14.4. The van der Waals surface area contributed by atoms with Crippen LogP contribution in [0.3, 0.4) is 0 Å². The van der Waals surface area contributed by atoms with Crippen molar-refractivity contribution in [1.82, 2.24) is 10.4 Å². The number of hydrogen-bond donors (Lipinski definition) is 2. The Hall–Kier alpha value is -2.39. The van der Waals surface area contributed by atoms with E-state index in [4.69, 9.17) is 5.26 Å². The third-order valence-electron chi connectivity index (χ3n) is 2.31. The lowest BCUT2D eigenvalue weighted by molar-refractivity contribution is 0.0951. The van der Waals surface area contributed by atoms with Crippen LogP contribution >= 0.6 is 15.9 Å². The normalized spacial score (nSPS) is 10.3. The number of H-pyrrole nitrogens is 1. The van der Waals surface area contributed by atoms with E-state index in [2.05, 4.69) is 31.4 Å². The highest BCUT2D eigenvalue weighted by Crippen LogP contribution is 2.10. The van der Waals surface area contributed by atoms with Gasteiger partial charge >= 0.3 is 0 Å². The predicted octanol–water partition coefficient (Wildman–Crippen LogP) is 2.41. The molecule has 1 heterocycles. The first-order chi connectivity index (χ1) is 9.19. The quantitative estimate of drug-likeness (QED) is 0.673. The van der Waals surface area contributed by atoms with Gasteiger partial charge in [0.25, 0.3) is 5.91 Å². The monoisotopic (exact) mass is 316 g/mol. The number of aromatic nitrogens is 1. The zero-order valence-electron chi connectivity index (χ0n) is 9.72. The molecule has 1 aromatic heterocycles. The molecular weight excluding hydrogens is 308 g/mol. The number of nitrogens with one attached hydrogen (secondary N) is 2. The number of carbonyl (C=O) groups is 1. The lowest BCUT2D eigenvalue weighted by Gasteiger charge is -1.96. The molecule has 1 aromatic carbocycles. The van der Waals surface area contributed by atoms with Crippen molar-refractivity contribution in [3.05, 3.63) is 57.8 Å². The molecule has 6 heteroatoms. The van der Waals surface area contributed by atoms with Crippen molar-refractivity contribution >= 4 is 28.1 Å². The molecule has 2 rings (SSSR count). The molecule has 0 aliphatic carbocycles. The second kappa shape index (κ2) is 5.98. The summed E-state index contributed by atoms with van der Waals surface area (Å²) in [5, 5.41) is 12.5. The van der Waals surface area contributed by atoms with Gasteiger partial charge in [-0.3, -0.25) is 4.79 Å². The number of nitriles is 1. The van der Waals surface area contributed by atoms with Gasteiger partial charge in [-0.1, -0.05) is 12.1 Å². The Morgan fingerprint density at radius 2 is 2.16 bits per heavy atom. The molecule has 2 aromatic rings. The Morgan fingerprint density at radius 3 is 2.74 bits per heavy atom. The second-order valence-electron chi connectivity index (χ2n) is 3.66. The Bertz CT molecular complexity index is 652. The van der Waals surface area contributed by atoms with Crippen LogP contribution in [0.1, 0.15) is 21.6 Å². The molecule has 0 fully saturated rings. The average molecular weight is 317 g/mol. The van der Waals surface area contributed by atoms with Gasteiger partial charge in [0.2, 0.25) is 0 Å². The van der Waals surface area contributed by atoms with Gasteiger partial charge in [0.05, 0.1) is 17.8 Å². The van der Waals surface area contributed by atoms with Crippen LogP contribution in [0, 0.1) is 11.3 Å². The number of aromatic amines is 1. The van der Waals surface area contributed by atoms with Gasteiger partial charge in [0, 0.05) is 10.7 Å². The highest BCUT2D eigenvalue weighted by molar-refractivity contribution is 9.10. The standard InChI is InChI=1S/C13H9BrN4O/c14-11-5-12(16-8-11)13(19)18-17-7-10-3-1-9(6-15)2-4-10/h1-5,7-8,16H,(H,18,19)/b17-7-. The molecule has 5 nitrogen and oxygen atoms in total. The van der Waals surface area contributed by atoms with Gasteiger partial charge in [-0.15, -0.1) is 0 Å². The predicted molar refractivity (Wildman–Crippen MR) is 74.7 cm³/mol. The number of benzene rings is 1. The van der Waals surface area contributed by atoms with Crippen LogP contribution < -0.4 is 5.43 Å². The fourth-order valence-corrected chi connectivity index (χ4v) is 1.71. The number of amides is 1. The summed E-state index contributed by atoms with van der Waals surface area (Å²) in [6.45, 7) is 0. The van der Waals surface area contributed by atoms with Crippen molar-refractivity contribution in [2.75, 3.05) is 0 Å². The van der Waals surface area contributed by atoms with Crippen molar-refractivity contribution in [2.45, 2.75) is 0 Å². The van der Waals surface area contributed by atoms with Gasteiger partial charge in [-0.2, -0.15) is 10.4 Å². The van der Waals surface area contributed by atoms with Crippen LogP contribution in [0.2, 0.25) is 0 Å². The number of hydrazone groups is 1. The summed E-state index contributed by atoms with van der Waals surface area (Å²) in [6, 6.07) is 10.6. The topological polar surface area (TPSA) is 81.0 Å². The Balaban J connectivity index is 1.96. The average Bonchev–Trinajstić information content (AvgIpc) is 2.86. The largest absolute Gasteiger partial charge is 0.356 e. The summed E-state index contributed by atoms with van der Waals surface area (Å²) >= 11 is 3.24. The molecule has 94 valence electrons. The van der Waals surface area contributed by atoms with Gasteiger partial charge < -0.3 is 4.98 Å². The van der Waals surface area contributed by atoms with Crippen molar-refractivity contribution in [2.24, 2.45) is 5.10 Å². The van der Waals surface area contributed by atoms with E-state index in [0.29, 0.717) is 11.3 Å². The Kier molecular flexibility index (Phi) is 4.11. The SMILES string of the molecule is N#Cc1ccc(/C=N\NC(=O)c2cc(Br)c[nH]2)cc1. The van der Waals surface area contributed by atoms with Crippen molar-refractivity contribution < 1.29 is 4.79 Å². The van der Waals surface area contributed by atoms with Crippen molar-refractivity contribution in [3.63, 3.8) is 0 Å². The fourth-order valence-electron chi connectivity index (χ4n) is 1.37. The lowest BCUT2D eigenvalue weighted by atomic mass is 10.2. The van der Waals surface area contributed by atoms with Crippen LogP contribution in [-0.2, 0) is 0 Å². The molecule has 0 aliphatic heterocycles. The molecular formula is C13H9BrN4O. The van der Waals surface area contributed by atoms with E-state index in [9.17, 15) is 4.79 Å². The number of carbonyl (C=O) groups excluding carboxylic acids is 1. The summed E-state index contributed by atoms with van der Waals surface area (Å²) < 4.78 is 0.800. The summed E-state index contributed by atoms with van der Waals surface area (Å²) in [7, 11) is 0. The smallest absolute Gasteiger partial charge is 0.287 e. The van der Waals surface area contributed by atoms with Crippen molar-refractivity contribution in [3.8, 4) is 6.07 Å². The minimum Gasteiger partial charge on any atom is -0.356 e. The van der Waals surface area contributed by atoms with E-state index >= 15 is 0 Å². The van der Waals surface area contributed by atoms with E-state index in [1.54, 1.807) is 36.5 Å². The minimum atomic E-state index is -0.324. The van der Waals surface area contributed by atoms with Gasteiger partial charge in [0.15, 0.2) is 0 Å². The molecule has 0 radical (unpaired) electrons. The molecule has 0 atom stereocenters. The minimum absolute atomic E-state index is 0.324. The highest BCUT2D eigenvalue weighted by atomic mass is 79.9. The van der Waals surface area contributed by atoms with E-state index < -0.39 is 0 Å². The lowest BCUT2D eigenvalue weighted by Crippen LogP contribution is -2.17. The molecule has 0 unspecified atom stereocenters.